The molecular weight excluding hydrogens is 376 g/mol. The van der Waals surface area contributed by atoms with Crippen LogP contribution in [0.5, 0.6) is 0 Å². The number of oxazole rings is 1. The molecule has 0 bridgehead atoms. The van der Waals surface area contributed by atoms with E-state index in [0.29, 0.717) is 5.56 Å². The van der Waals surface area contributed by atoms with Crippen molar-refractivity contribution >= 4 is 11.1 Å². The smallest absolute Gasteiger partial charge is 0.396 e. The van der Waals surface area contributed by atoms with Gasteiger partial charge in [0.05, 0.1) is 6.04 Å². The summed E-state index contributed by atoms with van der Waals surface area (Å²) >= 11 is 0. The van der Waals surface area contributed by atoms with Gasteiger partial charge in [-0.25, -0.2) is 4.98 Å². The summed E-state index contributed by atoms with van der Waals surface area (Å²) in [5, 5.41) is 0. The zero-order valence-corrected chi connectivity index (χ0v) is 13.6. The molecule has 2 N–H and O–H groups in total. The van der Waals surface area contributed by atoms with Gasteiger partial charge in [-0.05, 0) is 35.4 Å². The summed E-state index contributed by atoms with van der Waals surface area (Å²) in [6.45, 7) is -2.08. The van der Waals surface area contributed by atoms with E-state index in [1.54, 1.807) is 18.2 Å². The van der Waals surface area contributed by atoms with Crippen molar-refractivity contribution in [3.63, 3.8) is 0 Å². The van der Waals surface area contributed by atoms with Gasteiger partial charge in [-0.1, -0.05) is 6.07 Å². The van der Waals surface area contributed by atoms with Crippen LogP contribution in [-0.4, -0.2) is 28.9 Å². The lowest BCUT2D eigenvalue weighted by Crippen LogP contribution is -2.51. The Bertz CT molecular complexity index is 925. The minimum Gasteiger partial charge on any atom is -0.435 e. The molecule has 2 heterocycles. The third-order valence-electron chi connectivity index (χ3n) is 4.13. The molecule has 0 amide bonds. The van der Waals surface area contributed by atoms with Gasteiger partial charge in [0.1, 0.15) is 18.1 Å². The molecular formula is C17H13F6N3O. The minimum atomic E-state index is -5.22. The van der Waals surface area contributed by atoms with Crippen LogP contribution in [0.3, 0.4) is 0 Å². The highest BCUT2D eigenvalue weighted by Crippen LogP contribution is 2.40. The topological polar surface area (TPSA) is 64.9 Å². The van der Waals surface area contributed by atoms with Crippen LogP contribution in [0.2, 0.25) is 0 Å². The van der Waals surface area contributed by atoms with Crippen molar-refractivity contribution in [3.05, 3.63) is 48.6 Å². The van der Waals surface area contributed by atoms with Crippen LogP contribution in [-0.2, 0) is 5.92 Å². The molecule has 0 aliphatic heterocycles. The number of fused-ring (bicyclic) bond motifs is 1. The van der Waals surface area contributed by atoms with Crippen molar-refractivity contribution in [1.82, 2.24) is 9.97 Å². The second-order valence-electron chi connectivity index (χ2n) is 5.89. The van der Waals surface area contributed by atoms with Crippen LogP contribution >= 0.6 is 0 Å². The molecule has 0 fully saturated rings. The Morgan fingerprint density at radius 1 is 1.00 bits per heavy atom. The van der Waals surface area contributed by atoms with Gasteiger partial charge in [-0.15, -0.1) is 0 Å². The maximum atomic E-state index is 14.4. The molecule has 144 valence electrons. The fraction of sp³-hybridized carbons (Fsp3) is 0.294. The lowest BCUT2D eigenvalue weighted by atomic mass is 9.95. The van der Waals surface area contributed by atoms with Crippen LogP contribution in [0.1, 0.15) is 5.89 Å². The van der Waals surface area contributed by atoms with E-state index in [9.17, 15) is 26.3 Å². The number of alkyl halides is 6. The maximum Gasteiger partial charge on any atom is 0.396 e. The molecule has 10 heteroatoms. The lowest BCUT2D eigenvalue weighted by molar-refractivity contribution is -0.209. The number of nitrogens with zero attached hydrogens (tertiary/aromatic N) is 2. The van der Waals surface area contributed by atoms with Gasteiger partial charge in [-0.2, -0.15) is 22.0 Å². The molecule has 3 aromatic rings. The van der Waals surface area contributed by atoms with Gasteiger partial charge in [0.25, 0.3) is 5.89 Å². The number of pyridine rings is 1. The van der Waals surface area contributed by atoms with Crippen LogP contribution in [0, 0.1) is 5.92 Å². The highest BCUT2D eigenvalue weighted by atomic mass is 19.4. The Morgan fingerprint density at radius 3 is 2.26 bits per heavy atom. The first-order valence-corrected chi connectivity index (χ1v) is 7.72. The fourth-order valence-corrected chi connectivity index (χ4v) is 2.58. The average Bonchev–Trinajstić information content (AvgIpc) is 3.05. The molecule has 1 aromatic carbocycles. The Labute approximate surface area is 149 Å². The Kier molecular flexibility index (Phi) is 4.85. The molecule has 0 saturated heterocycles. The third-order valence-corrected chi connectivity index (χ3v) is 4.13. The number of benzene rings is 1. The van der Waals surface area contributed by atoms with E-state index in [1.165, 1.54) is 24.5 Å². The van der Waals surface area contributed by atoms with E-state index in [2.05, 4.69) is 9.97 Å². The Balaban J connectivity index is 1.98. The molecule has 2 unspecified atom stereocenters. The predicted molar refractivity (Wildman–Crippen MR) is 84.6 cm³/mol. The number of hydrogen-bond donors (Lipinski definition) is 1. The van der Waals surface area contributed by atoms with E-state index in [-0.39, 0.29) is 11.1 Å². The van der Waals surface area contributed by atoms with Crippen LogP contribution in [0.15, 0.2) is 47.1 Å². The normalized spacial score (nSPS) is 15.1. The summed E-state index contributed by atoms with van der Waals surface area (Å²) < 4.78 is 84.7. The standard InChI is InChI=1S/C17H13F6N3O/c18-8-11(17(21,22)23)14(24)16(19,20)15-26-12-7-10(1-2-13(12)27-15)9-3-5-25-6-4-9/h1-7,11,14H,8,24H2. The Hall–Kier alpha value is -2.62. The van der Waals surface area contributed by atoms with Gasteiger partial charge in [0.15, 0.2) is 5.58 Å². The molecule has 0 saturated carbocycles. The van der Waals surface area contributed by atoms with Crippen LogP contribution in [0.4, 0.5) is 26.3 Å². The monoisotopic (exact) mass is 389 g/mol. The first-order valence-electron chi connectivity index (χ1n) is 7.72. The highest BCUT2D eigenvalue weighted by molar-refractivity contribution is 5.80. The molecule has 4 nitrogen and oxygen atoms in total. The van der Waals surface area contributed by atoms with Crippen molar-refractivity contribution in [1.29, 1.82) is 0 Å². The van der Waals surface area contributed by atoms with E-state index in [4.69, 9.17) is 10.2 Å². The van der Waals surface area contributed by atoms with Crippen molar-refractivity contribution in [2.75, 3.05) is 6.67 Å². The SMILES string of the molecule is NC(C(CF)C(F)(F)F)C(F)(F)c1nc2cc(-c3ccncc3)ccc2o1. The largest absolute Gasteiger partial charge is 0.435 e. The van der Waals surface area contributed by atoms with Crippen molar-refractivity contribution in [3.8, 4) is 11.1 Å². The van der Waals surface area contributed by atoms with Crippen molar-refractivity contribution in [2.45, 2.75) is 18.1 Å². The molecule has 0 aliphatic carbocycles. The lowest BCUT2D eigenvalue weighted by Gasteiger charge is -2.28. The maximum absolute atomic E-state index is 14.4. The average molecular weight is 389 g/mol. The number of nitrogens with two attached hydrogens (primary N) is 1. The second kappa shape index (κ2) is 6.84. The van der Waals surface area contributed by atoms with E-state index >= 15 is 0 Å². The first kappa shape index (κ1) is 19.2. The number of hydrogen-bond acceptors (Lipinski definition) is 4. The predicted octanol–water partition coefficient (Wildman–Crippen LogP) is 4.46. The molecule has 2 atom stereocenters. The van der Waals surface area contributed by atoms with Gasteiger partial charge in [0.2, 0.25) is 0 Å². The van der Waals surface area contributed by atoms with Gasteiger partial charge < -0.3 is 10.2 Å². The molecule has 3 rings (SSSR count). The molecule has 27 heavy (non-hydrogen) atoms. The molecule has 0 spiro atoms. The van der Waals surface area contributed by atoms with E-state index in [1.807, 2.05) is 0 Å². The Morgan fingerprint density at radius 2 is 1.67 bits per heavy atom. The number of aromatic nitrogens is 2. The first-order chi connectivity index (χ1) is 12.6. The highest BCUT2D eigenvalue weighted by Gasteiger charge is 2.56. The molecule has 0 radical (unpaired) electrons. The summed E-state index contributed by atoms with van der Waals surface area (Å²) in [5.41, 5.74) is 6.35. The van der Waals surface area contributed by atoms with Crippen LogP contribution in [0.25, 0.3) is 22.2 Å². The summed E-state index contributed by atoms with van der Waals surface area (Å²) in [7, 11) is 0. The van der Waals surface area contributed by atoms with Gasteiger partial charge in [0, 0.05) is 12.4 Å². The third kappa shape index (κ3) is 3.61. The van der Waals surface area contributed by atoms with Gasteiger partial charge in [-0.3, -0.25) is 9.37 Å². The zero-order chi connectivity index (χ0) is 19.8. The van der Waals surface area contributed by atoms with Gasteiger partial charge >= 0.3 is 12.1 Å². The minimum absolute atomic E-state index is 0.00925. The molecule has 0 aliphatic rings. The summed E-state index contributed by atoms with van der Waals surface area (Å²) in [6, 6.07) is 4.86. The van der Waals surface area contributed by atoms with E-state index in [0.717, 1.165) is 5.56 Å². The van der Waals surface area contributed by atoms with Crippen molar-refractivity contribution < 1.29 is 30.8 Å². The zero-order valence-electron chi connectivity index (χ0n) is 13.6. The summed E-state index contributed by atoms with van der Waals surface area (Å²) in [4.78, 5) is 7.45. The second-order valence-corrected chi connectivity index (χ2v) is 5.89. The van der Waals surface area contributed by atoms with E-state index < -0.39 is 36.6 Å². The number of halogens is 6. The van der Waals surface area contributed by atoms with Crippen molar-refractivity contribution in [2.24, 2.45) is 11.7 Å². The van der Waals surface area contributed by atoms with Crippen LogP contribution < -0.4 is 5.73 Å². The number of rotatable bonds is 5. The summed E-state index contributed by atoms with van der Waals surface area (Å²) in [6.07, 6.45) is -2.15. The fourth-order valence-electron chi connectivity index (χ4n) is 2.58. The quantitative estimate of drug-likeness (QED) is 0.655. The molecule has 2 aromatic heterocycles. The summed E-state index contributed by atoms with van der Waals surface area (Å²) in [5.74, 6) is -8.66.